The maximum absolute atomic E-state index is 12.6. The first kappa shape index (κ1) is 19.1. The number of para-hydroxylation sites is 1. The largest absolute Gasteiger partial charge is 0.352 e. The maximum Gasteiger partial charge on any atom is 0.255 e. The minimum Gasteiger partial charge on any atom is -0.352 e. The second kappa shape index (κ2) is 9.32. The van der Waals surface area contributed by atoms with E-state index in [4.69, 9.17) is 0 Å². The topological polar surface area (TPSA) is 58.2 Å². The van der Waals surface area contributed by atoms with E-state index in [-0.39, 0.29) is 11.8 Å². The number of nitrogens with one attached hydrogen (secondary N) is 2. The van der Waals surface area contributed by atoms with Gasteiger partial charge in [0.25, 0.3) is 11.8 Å². The average molecular weight is 470 g/mol. The molecule has 0 bridgehead atoms. The highest BCUT2D eigenvalue weighted by atomic mass is 127. The number of halogens is 1. The van der Waals surface area contributed by atoms with E-state index < -0.39 is 0 Å². The third kappa shape index (κ3) is 5.40. The molecule has 2 amide bonds. The highest BCUT2D eigenvalue weighted by Crippen LogP contribution is 2.17. The van der Waals surface area contributed by atoms with Gasteiger partial charge in [-0.15, -0.1) is 0 Å². The summed E-state index contributed by atoms with van der Waals surface area (Å²) in [5.41, 5.74) is 2.66. The van der Waals surface area contributed by atoms with E-state index >= 15 is 0 Å². The molecule has 0 atom stereocenters. The highest BCUT2D eigenvalue weighted by Gasteiger charge is 2.13. The van der Waals surface area contributed by atoms with Crippen LogP contribution in [0.15, 0.2) is 78.9 Å². The molecule has 3 aromatic rings. The Labute approximate surface area is 172 Å². The third-order valence-electron chi connectivity index (χ3n) is 4.07. The smallest absolute Gasteiger partial charge is 0.255 e. The Balaban J connectivity index is 1.65. The minimum absolute atomic E-state index is 0.204. The van der Waals surface area contributed by atoms with Crippen LogP contribution < -0.4 is 10.6 Å². The molecule has 0 aliphatic heterocycles. The van der Waals surface area contributed by atoms with Gasteiger partial charge in [0.15, 0.2) is 0 Å². The lowest BCUT2D eigenvalue weighted by Crippen LogP contribution is -2.27. The average Bonchev–Trinajstić information content (AvgIpc) is 2.69. The first-order valence-corrected chi connectivity index (χ1v) is 9.69. The molecule has 27 heavy (non-hydrogen) atoms. The van der Waals surface area contributed by atoms with Crippen LogP contribution in [0.4, 0.5) is 5.69 Å². The number of carbonyl (C=O) groups is 2. The summed E-state index contributed by atoms with van der Waals surface area (Å²) < 4.78 is 1.06. The van der Waals surface area contributed by atoms with Gasteiger partial charge >= 0.3 is 0 Å². The normalized spacial score (nSPS) is 10.3. The van der Waals surface area contributed by atoms with Gasteiger partial charge in [-0.1, -0.05) is 42.5 Å². The Kier molecular flexibility index (Phi) is 6.59. The molecule has 0 aliphatic carbocycles. The summed E-state index contributed by atoms with van der Waals surface area (Å²) in [6, 6.07) is 24.3. The van der Waals surface area contributed by atoms with Crippen molar-refractivity contribution in [3.05, 3.63) is 99.1 Å². The van der Waals surface area contributed by atoms with Gasteiger partial charge in [0.1, 0.15) is 0 Å². The van der Waals surface area contributed by atoms with Gasteiger partial charge in [-0.05, 0) is 71.0 Å². The zero-order chi connectivity index (χ0) is 19.1. The van der Waals surface area contributed by atoms with Crippen molar-refractivity contribution in [2.75, 3.05) is 11.9 Å². The standard InChI is InChI=1S/C22H19IN2O2/c23-18-12-10-17(11-13-18)21(26)25-20-9-5-4-8-19(20)22(27)24-15-14-16-6-2-1-3-7-16/h1-13H,14-15H2,(H,24,27)(H,25,26). The summed E-state index contributed by atoms with van der Waals surface area (Å²) in [6.07, 6.45) is 0.754. The fourth-order valence-corrected chi connectivity index (χ4v) is 3.01. The number of hydrogen-bond acceptors (Lipinski definition) is 2. The van der Waals surface area contributed by atoms with Crippen molar-refractivity contribution in [2.45, 2.75) is 6.42 Å². The van der Waals surface area contributed by atoms with Crippen molar-refractivity contribution in [1.82, 2.24) is 5.32 Å². The van der Waals surface area contributed by atoms with Crippen LogP contribution in [0, 0.1) is 3.57 Å². The van der Waals surface area contributed by atoms with Gasteiger partial charge in [0, 0.05) is 15.7 Å². The van der Waals surface area contributed by atoms with Crippen molar-refractivity contribution in [3.8, 4) is 0 Å². The van der Waals surface area contributed by atoms with E-state index in [2.05, 4.69) is 33.2 Å². The molecular formula is C22H19IN2O2. The van der Waals surface area contributed by atoms with Gasteiger partial charge < -0.3 is 10.6 Å². The molecule has 0 spiro atoms. The molecule has 0 fully saturated rings. The SMILES string of the molecule is O=C(Nc1ccccc1C(=O)NCCc1ccccc1)c1ccc(I)cc1. The molecule has 4 nitrogen and oxygen atoms in total. The fraction of sp³-hybridized carbons (Fsp3) is 0.0909. The molecule has 0 unspecified atom stereocenters. The van der Waals surface area contributed by atoms with E-state index in [1.807, 2.05) is 42.5 Å². The predicted molar refractivity (Wildman–Crippen MR) is 116 cm³/mol. The third-order valence-corrected chi connectivity index (χ3v) is 4.79. The van der Waals surface area contributed by atoms with E-state index in [0.29, 0.717) is 23.4 Å². The zero-order valence-corrected chi connectivity index (χ0v) is 16.8. The number of amides is 2. The lowest BCUT2D eigenvalue weighted by atomic mass is 10.1. The van der Waals surface area contributed by atoms with Crippen molar-refractivity contribution >= 4 is 40.1 Å². The van der Waals surface area contributed by atoms with Crippen molar-refractivity contribution in [1.29, 1.82) is 0 Å². The molecule has 3 rings (SSSR count). The van der Waals surface area contributed by atoms with Gasteiger partial charge in [0.2, 0.25) is 0 Å². The lowest BCUT2D eigenvalue weighted by molar-refractivity contribution is 0.0955. The molecular weight excluding hydrogens is 451 g/mol. The summed E-state index contributed by atoms with van der Waals surface area (Å²) in [6.45, 7) is 0.530. The summed E-state index contributed by atoms with van der Waals surface area (Å²) in [5, 5.41) is 5.75. The predicted octanol–water partition coefficient (Wildman–Crippen LogP) is 4.52. The Bertz CT molecular complexity index is 925. The van der Waals surface area contributed by atoms with Crippen molar-refractivity contribution in [2.24, 2.45) is 0 Å². The second-order valence-electron chi connectivity index (χ2n) is 6.00. The number of hydrogen-bond donors (Lipinski definition) is 2. The lowest BCUT2D eigenvalue weighted by Gasteiger charge is -2.12. The monoisotopic (exact) mass is 470 g/mol. The summed E-state index contributed by atoms with van der Waals surface area (Å²) >= 11 is 2.19. The Morgan fingerprint density at radius 2 is 1.44 bits per heavy atom. The van der Waals surface area contributed by atoms with Crippen molar-refractivity contribution < 1.29 is 9.59 Å². The van der Waals surface area contributed by atoms with Crippen molar-refractivity contribution in [3.63, 3.8) is 0 Å². The first-order chi connectivity index (χ1) is 13.1. The maximum atomic E-state index is 12.6. The summed E-state index contributed by atoms with van der Waals surface area (Å²) in [5.74, 6) is -0.444. The van der Waals surface area contributed by atoms with Gasteiger partial charge in [-0.3, -0.25) is 9.59 Å². The Morgan fingerprint density at radius 1 is 0.778 bits per heavy atom. The van der Waals surface area contributed by atoms with E-state index in [1.54, 1.807) is 36.4 Å². The van der Waals surface area contributed by atoms with Crippen LogP contribution in [0.5, 0.6) is 0 Å². The molecule has 136 valence electrons. The number of benzene rings is 3. The molecule has 5 heteroatoms. The fourth-order valence-electron chi connectivity index (χ4n) is 2.65. The number of anilines is 1. The number of rotatable bonds is 6. The first-order valence-electron chi connectivity index (χ1n) is 8.61. The van der Waals surface area contributed by atoms with Gasteiger partial charge in [-0.2, -0.15) is 0 Å². The van der Waals surface area contributed by atoms with E-state index in [0.717, 1.165) is 15.6 Å². The van der Waals surface area contributed by atoms with E-state index in [1.165, 1.54) is 0 Å². The number of carbonyl (C=O) groups excluding carboxylic acids is 2. The van der Waals surface area contributed by atoms with Crippen LogP contribution in [0.2, 0.25) is 0 Å². The second-order valence-corrected chi connectivity index (χ2v) is 7.24. The highest BCUT2D eigenvalue weighted by molar-refractivity contribution is 14.1. The van der Waals surface area contributed by atoms with Crippen LogP contribution in [0.1, 0.15) is 26.3 Å². The van der Waals surface area contributed by atoms with Crippen LogP contribution in [0.25, 0.3) is 0 Å². The molecule has 2 N–H and O–H groups in total. The summed E-state index contributed by atoms with van der Waals surface area (Å²) in [4.78, 5) is 25.0. The molecule has 3 aromatic carbocycles. The summed E-state index contributed by atoms with van der Waals surface area (Å²) in [7, 11) is 0. The molecule has 0 aliphatic rings. The van der Waals surface area contributed by atoms with Gasteiger partial charge in [0.05, 0.1) is 11.3 Å². The van der Waals surface area contributed by atoms with Crippen LogP contribution in [0.3, 0.4) is 0 Å². The Morgan fingerprint density at radius 3 is 2.19 bits per heavy atom. The molecule has 0 radical (unpaired) electrons. The van der Waals surface area contributed by atoms with Crippen LogP contribution >= 0.6 is 22.6 Å². The molecule has 0 saturated heterocycles. The Hall–Kier alpha value is -2.67. The van der Waals surface area contributed by atoms with Crippen LogP contribution in [-0.2, 0) is 6.42 Å². The van der Waals surface area contributed by atoms with E-state index in [9.17, 15) is 9.59 Å². The van der Waals surface area contributed by atoms with Crippen LogP contribution in [-0.4, -0.2) is 18.4 Å². The zero-order valence-electron chi connectivity index (χ0n) is 14.6. The quantitative estimate of drug-likeness (QED) is 0.521. The molecule has 0 saturated carbocycles. The minimum atomic E-state index is -0.240. The molecule has 0 aromatic heterocycles. The van der Waals surface area contributed by atoms with Gasteiger partial charge in [-0.25, -0.2) is 0 Å². The molecule has 0 heterocycles.